The monoisotopic (exact) mass is 484 g/mol. The molecule has 0 aliphatic carbocycles. The van der Waals surface area contributed by atoms with Gasteiger partial charge in [0.15, 0.2) is 5.96 Å². The lowest BCUT2D eigenvalue weighted by atomic mass is 10.2. The molecule has 1 unspecified atom stereocenters. The van der Waals surface area contributed by atoms with Crippen LogP contribution < -0.4 is 20.5 Å². The highest BCUT2D eigenvalue weighted by atomic mass is 127. The molecule has 0 bridgehead atoms. The molecule has 6 nitrogen and oxygen atoms in total. The van der Waals surface area contributed by atoms with Crippen LogP contribution in [0.15, 0.2) is 23.2 Å². The second-order valence-corrected chi connectivity index (χ2v) is 5.86. The summed E-state index contributed by atoms with van der Waals surface area (Å²) in [6.45, 7) is 2.24. The fourth-order valence-electron chi connectivity index (χ4n) is 2.99. The van der Waals surface area contributed by atoms with Crippen molar-refractivity contribution < 1.29 is 18.3 Å². The lowest BCUT2D eigenvalue weighted by Gasteiger charge is -2.23. The Bertz CT molecular complexity index is 590. The number of nitrogens with two attached hydrogens (primary N) is 1. The Labute approximate surface area is 170 Å². The summed E-state index contributed by atoms with van der Waals surface area (Å²) in [6.07, 6.45) is 2.33. The molecule has 148 valence electrons. The number of nitrogens with zero attached hydrogens (tertiary/aromatic N) is 2. The van der Waals surface area contributed by atoms with Gasteiger partial charge in [0.25, 0.3) is 0 Å². The van der Waals surface area contributed by atoms with Gasteiger partial charge >= 0.3 is 6.61 Å². The van der Waals surface area contributed by atoms with Crippen LogP contribution in [0.4, 0.5) is 8.78 Å². The number of benzene rings is 1. The van der Waals surface area contributed by atoms with Crippen molar-refractivity contribution in [3.8, 4) is 11.5 Å². The molecule has 1 aliphatic heterocycles. The summed E-state index contributed by atoms with van der Waals surface area (Å²) in [6, 6.07) is 5.18. The van der Waals surface area contributed by atoms with Crippen LogP contribution in [0.25, 0.3) is 0 Å². The van der Waals surface area contributed by atoms with Gasteiger partial charge < -0.3 is 20.5 Å². The third kappa shape index (κ3) is 6.75. The molecule has 0 saturated carbocycles. The average Bonchev–Trinajstić information content (AvgIpc) is 3.05. The Hall–Kier alpha value is -1.36. The summed E-state index contributed by atoms with van der Waals surface area (Å²) >= 11 is 0. The second kappa shape index (κ2) is 11.4. The number of hydrogen-bond acceptors (Lipinski definition) is 4. The summed E-state index contributed by atoms with van der Waals surface area (Å²) in [7, 11) is 1.46. The minimum Gasteiger partial charge on any atom is -0.497 e. The van der Waals surface area contributed by atoms with Gasteiger partial charge in [-0.1, -0.05) is 6.92 Å². The number of aliphatic imine (C=N–C) groups is 1. The van der Waals surface area contributed by atoms with Crippen molar-refractivity contribution in [2.24, 2.45) is 10.7 Å². The molecule has 0 aromatic heterocycles. The van der Waals surface area contributed by atoms with Crippen LogP contribution in [0.2, 0.25) is 0 Å². The Kier molecular flexibility index (Phi) is 9.92. The van der Waals surface area contributed by atoms with E-state index in [0.717, 1.165) is 26.1 Å². The van der Waals surface area contributed by atoms with E-state index in [1.807, 2.05) is 0 Å². The Balaban J connectivity index is 0.00000338. The minimum absolute atomic E-state index is 0. The number of nitrogens with one attached hydrogen (secondary N) is 1. The number of likely N-dealkylation sites (tertiary alicyclic amines) is 1. The Morgan fingerprint density at radius 2 is 2.23 bits per heavy atom. The van der Waals surface area contributed by atoms with Gasteiger partial charge in [-0.2, -0.15) is 8.78 Å². The van der Waals surface area contributed by atoms with Crippen LogP contribution in [0, 0.1) is 0 Å². The molecule has 1 saturated heterocycles. The van der Waals surface area contributed by atoms with Crippen LogP contribution in [0.1, 0.15) is 25.3 Å². The molecule has 0 amide bonds. The van der Waals surface area contributed by atoms with Gasteiger partial charge in [0, 0.05) is 24.2 Å². The summed E-state index contributed by atoms with van der Waals surface area (Å²) in [5.74, 6) is 0.774. The first-order valence-electron chi connectivity index (χ1n) is 8.43. The summed E-state index contributed by atoms with van der Waals surface area (Å²) in [4.78, 5) is 6.63. The zero-order valence-corrected chi connectivity index (χ0v) is 17.4. The largest absolute Gasteiger partial charge is 0.497 e. The predicted molar refractivity (Wildman–Crippen MR) is 109 cm³/mol. The van der Waals surface area contributed by atoms with Gasteiger partial charge in [0.05, 0.1) is 13.7 Å². The smallest absolute Gasteiger partial charge is 0.387 e. The number of hydrogen-bond donors (Lipinski definition) is 2. The SMILES string of the molecule is CCN1CCCC1CNC(N)=NCc1ccc(OC)cc1OC(F)F.I. The lowest BCUT2D eigenvalue weighted by Crippen LogP contribution is -2.42. The van der Waals surface area contributed by atoms with Gasteiger partial charge in [-0.05, 0) is 38.1 Å². The third-order valence-electron chi connectivity index (χ3n) is 4.33. The average molecular weight is 484 g/mol. The predicted octanol–water partition coefficient (Wildman–Crippen LogP) is 2.80. The van der Waals surface area contributed by atoms with Gasteiger partial charge in [-0.3, -0.25) is 4.90 Å². The highest BCUT2D eigenvalue weighted by Gasteiger charge is 2.22. The van der Waals surface area contributed by atoms with E-state index in [0.29, 0.717) is 23.3 Å². The van der Waals surface area contributed by atoms with Crippen LogP contribution >= 0.6 is 24.0 Å². The molecule has 1 aromatic rings. The molecule has 9 heteroatoms. The summed E-state index contributed by atoms with van der Waals surface area (Å²) < 4.78 is 34.7. The molecule has 0 radical (unpaired) electrons. The first-order valence-corrected chi connectivity index (χ1v) is 8.43. The van der Waals surface area contributed by atoms with Gasteiger partial charge in [-0.25, -0.2) is 4.99 Å². The van der Waals surface area contributed by atoms with E-state index in [2.05, 4.69) is 26.9 Å². The van der Waals surface area contributed by atoms with Crippen molar-refractivity contribution in [3.05, 3.63) is 23.8 Å². The maximum absolute atomic E-state index is 12.6. The molecule has 1 atom stereocenters. The zero-order valence-electron chi connectivity index (χ0n) is 15.1. The van der Waals surface area contributed by atoms with Crippen molar-refractivity contribution >= 4 is 29.9 Å². The number of methoxy groups -OCH3 is 1. The van der Waals surface area contributed by atoms with E-state index in [9.17, 15) is 8.78 Å². The Morgan fingerprint density at radius 3 is 2.88 bits per heavy atom. The normalized spacial score (nSPS) is 17.9. The lowest BCUT2D eigenvalue weighted by molar-refractivity contribution is -0.0505. The first-order chi connectivity index (χ1) is 12.0. The molecular weight excluding hydrogens is 457 g/mol. The van der Waals surface area contributed by atoms with Crippen LogP contribution in [-0.4, -0.2) is 50.3 Å². The number of halogens is 3. The molecule has 1 aromatic carbocycles. The van der Waals surface area contributed by atoms with Crippen molar-refractivity contribution in [1.82, 2.24) is 10.2 Å². The third-order valence-corrected chi connectivity index (χ3v) is 4.33. The quantitative estimate of drug-likeness (QED) is 0.338. The van der Waals surface area contributed by atoms with Gasteiger partial charge in [-0.15, -0.1) is 24.0 Å². The van der Waals surface area contributed by atoms with Gasteiger partial charge in [0.2, 0.25) is 0 Å². The molecule has 1 fully saturated rings. The molecule has 2 rings (SSSR count). The molecule has 1 heterocycles. The molecule has 1 aliphatic rings. The van der Waals surface area contributed by atoms with Crippen LogP contribution in [-0.2, 0) is 6.54 Å². The van der Waals surface area contributed by atoms with Crippen molar-refractivity contribution in [1.29, 1.82) is 0 Å². The van der Waals surface area contributed by atoms with Crippen molar-refractivity contribution in [2.45, 2.75) is 39.0 Å². The maximum atomic E-state index is 12.6. The maximum Gasteiger partial charge on any atom is 0.387 e. The zero-order chi connectivity index (χ0) is 18.2. The highest BCUT2D eigenvalue weighted by Crippen LogP contribution is 2.27. The summed E-state index contributed by atoms with van der Waals surface area (Å²) in [5, 5.41) is 3.11. The molecule has 26 heavy (non-hydrogen) atoms. The number of likely N-dealkylation sites (N-methyl/N-ethyl adjacent to an activating group) is 1. The van der Waals surface area contributed by atoms with Crippen LogP contribution in [0.3, 0.4) is 0 Å². The first kappa shape index (κ1) is 22.7. The molecule has 0 spiro atoms. The topological polar surface area (TPSA) is 72.1 Å². The Morgan fingerprint density at radius 1 is 1.46 bits per heavy atom. The van der Waals surface area contributed by atoms with E-state index < -0.39 is 6.61 Å². The standard InChI is InChI=1S/C17H26F2N4O2.HI/c1-3-23-8-4-5-13(23)11-22-17(20)21-10-12-6-7-14(24-2)9-15(12)25-16(18)19;/h6-7,9,13,16H,3-5,8,10-11H2,1-2H3,(H3,20,21,22);1H. The van der Waals surface area contributed by atoms with E-state index in [-0.39, 0.29) is 36.3 Å². The van der Waals surface area contributed by atoms with E-state index in [4.69, 9.17) is 10.5 Å². The van der Waals surface area contributed by atoms with Crippen molar-refractivity contribution in [2.75, 3.05) is 26.7 Å². The van der Waals surface area contributed by atoms with E-state index in [1.165, 1.54) is 19.6 Å². The fourth-order valence-corrected chi connectivity index (χ4v) is 2.99. The number of alkyl halides is 2. The second-order valence-electron chi connectivity index (χ2n) is 5.86. The van der Waals surface area contributed by atoms with Gasteiger partial charge in [0.1, 0.15) is 11.5 Å². The molecule has 3 N–H and O–H groups in total. The number of rotatable bonds is 8. The molecular formula is C17H27F2IN4O2. The van der Waals surface area contributed by atoms with E-state index in [1.54, 1.807) is 12.1 Å². The van der Waals surface area contributed by atoms with Crippen LogP contribution in [0.5, 0.6) is 11.5 Å². The fraction of sp³-hybridized carbons (Fsp3) is 0.588. The number of guanidine groups is 1. The van der Waals surface area contributed by atoms with Crippen molar-refractivity contribution in [3.63, 3.8) is 0 Å². The van der Waals surface area contributed by atoms with E-state index >= 15 is 0 Å². The number of ether oxygens (including phenoxy) is 2. The minimum atomic E-state index is -2.91. The summed E-state index contributed by atoms with van der Waals surface area (Å²) in [5.41, 5.74) is 6.42. The highest BCUT2D eigenvalue weighted by molar-refractivity contribution is 14.0.